The molecule has 0 saturated carbocycles. The van der Waals surface area contributed by atoms with Crippen LogP contribution in [0.1, 0.15) is 20.1 Å². The zero-order valence-electron chi connectivity index (χ0n) is 13.7. The monoisotopic (exact) mass is 343 g/mol. The van der Waals surface area contributed by atoms with Gasteiger partial charge in [-0.15, -0.1) is 0 Å². The molecular formula is C14H25N3O5Si. The minimum atomic E-state index is -1.81. The van der Waals surface area contributed by atoms with E-state index in [9.17, 15) is 15.0 Å². The molecule has 0 aliphatic carbocycles. The van der Waals surface area contributed by atoms with Crippen LogP contribution in [-0.2, 0) is 9.16 Å². The lowest BCUT2D eigenvalue weighted by Gasteiger charge is -2.27. The Morgan fingerprint density at radius 2 is 2.04 bits per heavy atom. The van der Waals surface area contributed by atoms with Gasteiger partial charge in [0.2, 0.25) is 0 Å². The van der Waals surface area contributed by atoms with Gasteiger partial charge in [-0.25, -0.2) is 4.79 Å². The highest BCUT2D eigenvalue weighted by atomic mass is 28.4. The molecule has 0 radical (unpaired) electrons. The minimum Gasteiger partial charge on any atom is -0.414 e. The van der Waals surface area contributed by atoms with Gasteiger partial charge in [0.25, 0.3) is 0 Å². The summed E-state index contributed by atoms with van der Waals surface area (Å²) < 4.78 is 12.8. The fourth-order valence-corrected chi connectivity index (χ4v) is 3.93. The lowest BCUT2D eigenvalue weighted by Crippen LogP contribution is -2.40. The molecule has 1 aliphatic heterocycles. The molecule has 23 heavy (non-hydrogen) atoms. The maximum absolute atomic E-state index is 11.9. The van der Waals surface area contributed by atoms with E-state index < -0.39 is 38.5 Å². The summed E-state index contributed by atoms with van der Waals surface area (Å²) in [6.45, 7) is 6.48. The number of anilines is 1. The average molecular weight is 343 g/mol. The summed E-state index contributed by atoms with van der Waals surface area (Å²) in [6.07, 6.45) is -2.66. The van der Waals surface area contributed by atoms with Gasteiger partial charge in [-0.2, -0.15) is 4.98 Å². The number of aliphatic hydroxyl groups is 2. The highest BCUT2D eigenvalue weighted by molar-refractivity contribution is 6.72. The lowest BCUT2D eigenvalue weighted by molar-refractivity contribution is -0.0527. The average Bonchev–Trinajstić information content (AvgIpc) is 2.81. The summed E-state index contributed by atoms with van der Waals surface area (Å²) in [5.74, 6) is 0.0897. The van der Waals surface area contributed by atoms with Crippen LogP contribution in [0.5, 0.6) is 0 Å². The molecule has 0 aromatic carbocycles. The Kier molecular flexibility index (Phi) is 5.58. The molecule has 0 spiro atoms. The van der Waals surface area contributed by atoms with E-state index in [1.54, 1.807) is 0 Å². The van der Waals surface area contributed by atoms with Crippen LogP contribution < -0.4 is 11.4 Å². The van der Waals surface area contributed by atoms with Crippen LogP contribution in [0.3, 0.4) is 0 Å². The molecule has 1 saturated heterocycles. The van der Waals surface area contributed by atoms with Crippen molar-refractivity contribution in [3.63, 3.8) is 0 Å². The van der Waals surface area contributed by atoms with E-state index in [1.807, 2.05) is 0 Å². The Labute approximate surface area is 136 Å². The number of hydrogen-bond donors (Lipinski definition) is 3. The Balaban J connectivity index is 2.10. The predicted molar refractivity (Wildman–Crippen MR) is 87.4 cm³/mol. The maximum atomic E-state index is 11.9. The lowest BCUT2D eigenvalue weighted by atomic mass is 10.1. The quantitative estimate of drug-likeness (QED) is 0.625. The van der Waals surface area contributed by atoms with E-state index in [2.05, 4.69) is 25.4 Å². The van der Waals surface area contributed by atoms with Gasteiger partial charge in [0, 0.05) is 6.20 Å². The van der Waals surface area contributed by atoms with Crippen molar-refractivity contribution >= 4 is 14.1 Å². The van der Waals surface area contributed by atoms with Gasteiger partial charge >= 0.3 is 5.69 Å². The molecule has 1 aliphatic rings. The fraction of sp³-hybridized carbons (Fsp3) is 0.714. The van der Waals surface area contributed by atoms with Crippen LogP contribution in [0.2, 0.25) is 18.6 Å². The molecule has 4 unspecified atom stereocenters. The number of rotatable bonds is 6. The zero-order valence-corrected chi connectivity index (χ0v) is 14.7. The van der Waals surface area contributed by atoms with Crippen LogP contribution >= 0.6 is 0 Å². The first-order valence-electron chi connectivity index (χ1n) is 7.81. The van der Waals surface area contributed by atoms with Gasteiger partial charge in [0.15, 0.2) is 14.5 Å². The summed E-state index contributed by atoms with van der Waals surface area (Å²) in [6, 6.07) is 3.35. The summed E-state index contributed by atoms with van der Waals surface area (Å²) in [5, 5.41) is 20.4. The Bertz CT molecular complexity index is 592. The second-order valence-corrected chi connectivity index (χ2v) is 10.7. The maximum Gasteiger partial charge on any atom is 0.351 e. The summed E-state index contributed by atoms with van der Waals surface area (Å²) >= 11 is 0. The van der Waals surface area contributed by atoms with E-state index in [1.165, 1.54) is 12.3 Å². The first-order valence-corrected chi connectivity index (χ1v) is 10.6. The standard InChI is InChI=1S/C14H25N3O5Si/c1-4-23(3,5-2)21-8-9-11(18)12(19)13(22-9)17-7-6-10(15)16-14(17)20/h6-7,9,11-13,18-19H,4-5,8H2,1-3H3,(H2,15,16,20). The molecular weight excluding hydrogens is 318 g/mol. The van der Waals surface area contributed by atoms with Gasteiger partial charge in [-0.05, 0) is 24.7 Å². The number of aliphatic hydroxyl groups excluding tert-OH is 2. The topological polar surface area (TPSA) is 120 Å². The predicted octanol–water partition coefficient (Wildman–Crippen LogP) is 0.0764. The number of ether oxygens (including phenoxy) is 1. The number of nitrogen functional groups attached to an aromatic ring is 1. The van der Waals surface area contributed by atoms with Crippen molar-refractivity contribution in [3.8, 4) is 0 Å². The molecule has 8 nitrogen and oxygen atoms in total. The smallest absolute Gasteiger partial charge is 0.351 e. The van der Waals surface area contributed by atoms with Crippen molar-refractivity contribution in [2.24, 2.45) is 0 Å². The third-order valence-electron chi connectivity index (χ3n) is 4.55. The second-order valence-electron chi connectivity index (χ2n) is 6.06. The Morgan fingerprint density at radius 1 is 1.39 bits per heavy atom. The van der Waals surface area contributed by atoms with Crippen molar-refractivity contribution in [3.05, 3.63) is 22.7 Å². The first-order chi connectivity index (χ1) is 10.8. The minimum absolute atomic E-state index is 0.0897. The molecule has 0 amide bonds. The second kappa shape index (κ2) is 7.10. The van der Waals surface area contributed by atoms with Crippen LogP contribution in [0.15, 0.2) is 17.1 Å². The molecule has 2 heterocycles. The molecule has 4 N–H and O–H groups in total. The van der Waals surface area contributed by atoms with E-state index >= 15 is 0 Å². The van der Waals surface area contributed by atoms with Crippen LogP contribution in [0.25, 0.3) is 0 Å². The normalized spacial score (nSPS) is 28.2. The van der Waals surface area contributed by atoms with Gasteiger partial charge in [0.1, 0.15) is 24.1 Å². The molecule has 1 fully saturated rings. The molecule has 1 aromatic heterocycles. The highest BCUT2D eigenvalue weighted by Gasteiger charge is 2.44. The summed E-state index contributed by atoms with van der Waals surface area (Å²) in [7, 11) is -1.81. The van der Waals surface area contributed by atoms with Crippen molar-refractivity contribution in [2.45, 2.75) is 57.0 Å². The fourth-order valence-electron chi connectivity index (χ4n) is 2.45. The van der Waals surface area contributed by atoms with E-state index in [0.717, 1.165) is 16.7 Å². The number of nitrogens with zero attached hydrogens (tertiary/aromatic N) is 2. The van der Waals surface area contributed by atoms with Gasteiger partial charge < -0.3 is 25.1 Å². The number of nitrogens with two attached hydrogens (primary N) is 1. The Morgan fingerprint density at radius 3 is 2.61 bits per heavy atom. The molecule has 130 valence electrons. The van der Waals surface area contributed by atoms with Crippen LogP contribution in [-0.4, -0.2) is 53.0 Å². The largest absolute Gasteiger partial charge is 0.414 e. The Hall–Kier alpha value is -1.26. The van der Waals surface area contributed by atoms with Crippen molar-refractivity contribution < 1.29 is 19.4 Å². The molecule has 4 atom stereocenters. The third-order valence-corrected chi connectivity index (χ3v) is 8.41. The molecule has 9 heteroatoms. The summed E-state index contributed by atoms with van der Waals surface area (Å²) in [4.78, 5) is 15.5. The number of hydrogen-bond acceptors (Lipinski definition) is 7. The molecule has 0 bridgehead atoms. The molecule has 2 rings (SSSR count). The SMILES string of the molecule is CC[Si](C)(CC)OCC1OC(n2ccc(N)nc2=O)C(O)C1O. The number of aromatic nitrogens is 2. The first kappa shape index (κ1) is 18.1. The van der Waals surface area contributed by atoms with Crippen LogP contribution in [0.4, 0.5) is 5.82 Å². The third kappa shape index (κ3) is 3.81. The molecule has 1 aromatic rings. The van der Waals surface area contributed by atoms with E-state index in [4.69, 9.17) is 14.9 Å². The van der Waals surface area contributed by atoms with Gasteiger partial charge in [-0.3, -0.25) is 4.57 Å². The van der Waals surface area contributed by atoms with Crippen molar-refractivity contribution in [1.82, 2.24) is 9.55 Å². The summed E-state index contributed by atoms with van der Waals surface area (Å²) in [5.41, 5.74) is 4.81. The van der Waals surface area contributed by atoms with Crippen molar-refractivity contribution in [1.29, 1.82) is 0 Å². The highest BCUT2D eigenvalue weighted by Crippen LogP contribution is 2.29. The van der Waals surface area contributed by atoms with Gasteiger partial charge in [0.05, 0.1) is 6.61 Å². The van der Waals surface area contributed by atoms with E-state index in [0.29, 0.717) is 0 Å². The van der Waals surface area contributed by atoms with E-state index in [-0.39, 0.29) is 12.4 Å². The zero-order chi connectivity index (χ0) is 17.2. The van der Waals surface area contributed by atoms with Crippen LogP contribution in [0, 0.1) is 0 Å². The van der Waals surface area contributed by atoms with Crippen molar-refractivity contribution in [2.75, 3.05) is 12.3 Å². The van der Waals surface area contributed by atoms with Gasteiger partial charge in [-0.1, -0.05) is 13.8 Å².